The zero-order chi connectivity index (χ0) is 17.0. The van der Waals surface area contributed by atoms with E-state index in [0.29, 0.717) is 18.0 Å². The van der Waals surface area contributed by atoms with Crippen LogP contribution in [0.2, 0.25) is 0 Å². The lowest BCUT2D eigenvalue weighted by molar-refractivity contribution is -0.120. The third-order valence-corrected chi connectivity index (χ3v) is 5.64. The van der Waals surface area contributed by atoms with Gasteiger partial charge in [0.1, 0.15) is 11.0 Å². The normalized spacial score (nSPS) is 12.8. The second-order valence-corrected chi connectivity index (χ2v) is 7.84. The molecule has 1 heterocycles. The van der Waals surface area contributed by atoms with Crippen LogP contribution in [-0.2, 0) is 26.9 Å². The van der Waals surface area contributed by atoms with Crippen molar-refractivity contribution >= 4 is 15.7 Å². The van der Waals surface area contributed by atoms with Crippen LogP contribution >= 0.6 is 0 Å². The molecule has 2 aromatic rings. The van der Waals surface area contributed by atoms with Gasteiger partial charge in [-0.2, -0.15) is 0 Å². The third-order valence-electron chi connectivity index (χ3n) is 3.65. The molecule has 124 valence electrons. The van der Waals surface area contributed by atoms with Gasteiger partial charge in [-0.15, -0.1) is 0 Å². The smallest absolute Gasteiger partial charge is 0.238 e. The number of amides is 1. The average Bonchev–Trinajstić information content (AvgIpc) is 2.89. The van der Waals surface area contributed by atoms with Crippen LogP contribution in [0.4, 0.5) is 0 Å². The molecule has 6 nitrogen and oxygen atoms in total. The number of hydrogen-bond donors (Lipinski definition) is 1. The molecular weight excluding hydrogens is 316 g/mol. The van der Waals surface area contributed by atoms with Crippen molar-refractivity contribution in [2.24, 2.45) is 0 Å². The first-order valence-corrected chi connectivity index (χ1v) is 8.97. The Hall–Kier alpha value is -2.15. The maximum Gasteiger partial charge on any atom is 0.238 e. The number of sulfone groups is 1. The van der Waals surface area contributed by atoms with Gasteiger partial charge in [-0.25, -0.2) is 8.42 Å². The molecule has 1 amide bonds. The maximum atomic E-state index is 12.3. The van der Waals surface area contributed by atoms with Crippen LogP contribution < -0.4 is 5.32 Å². The molecule has 2 rings (SSSR count). The van der Waals surface area contributed by atoms with Crippen molar-refractivity contribution in [3.63, 3.8) is 0 Å². The Morgan fingerprint density at radius 1 is 1.30 bits per heavy atom. The minimum absolute atomic E-state index is 0.300. The van der Waals surface area contributed by atoms with Crippen LogP contribution in [0.15, 0.2) is 34.9 Å². The van der Waals surface area contributed by atoms with E-state index < -0.39 is 21.0 Å². The number of aryl methyl sites for hydroxylation is 2. The van der Waals surface area contributed by atoms with Gasteiger partial charge in [-0.05, 0) is 31.9 Å². The third kappa shape index (κ3) is 4.41. The summed E-state index contributed by atoms with van der Waals surface area (Å²) in [5, 5.41) is 5.19. The van der Waals surface area contributed by atoms with Crippen LogP contribution in [0.5, 0.6) is 0 Å². The second-order valence-electron chi connectivity index (χ2n) is 5.52. The summed E-state index contributed by atoms with van der Waals surface area (Å²) >= 11 is 0. The Balaban J connectivity index is 1.99. The Labute approximate surface area is 135 Å². The van der Waals surface area contributed by atoms with Crippen molar-refractivity contribution in [2.45, 2.75) is 38.3 Å². The molecule has 0 saturated carbocycles. The van der Waals surface area contributed by atoms with Crippen LogP contribution in [0.3, 0.4) is 0 Å². The van der Waals surface area contributed by atoms with Crippen molar-refractivity contribution in [3.8, 4) is 0 Å². The van der Waals surface area contributed by atoms with Crippen molar-refractivity contribution < 1.29 is 17.7 Å². The number of benzene rings is 1. The van der Waals surface area contributed by atoms with Crippen molar-refractivity contribution in [3.05, 3.63) is 52.9 Å². The van der Waals surface area contributed by atoms with E-state index in [9.17, 15) is 13.2 Å². The molecule has 0 spiro atoms. The molecule has 0 saturated heterocycles. The van der Waals surface area contributed by atoms with Gasteiger partial charge in [0.25, 0.3) is 0 Å². The van der Waals surface area contributed by atoms with E-state index >= 15 is 0 Å². The highest BCUT2D eigenvalue weighted by atomic mass is 32.2. The predicted molar refractivity (Wildman–Crippen MR) is 86.4 cm³/mol. The maximum absolute atomic E-state index is 12.3. The predicted octanol–water partition coefficient (Wildman–Crippen LogP) is 1.91. The minimum atomic E-state index is -3.65. The number of nitrogens with one attached hydrogen (secondary N) is 1. The molecule has 1 N–H and O–H groups in total. The van der Waals surface area contributed by atoms with E-state index in [2.05, 4.69) is 10.5 Å². The summed E-state index contributed by atoms with van der Waals surface area (Å²) in [5.41, 5.74) is 2.31. The molecule has 0 aliphatic carbocycles. The van der Waals surface area contributed by atoms with Crippen LogP contribution in [-0.4, -0.2) is 24.7 Å². The van der Waals surface area contributed by atoms with Crippen molar-refractivity contribution in [1.29, 1.82) is 0 Å². The Morgan fingerprint density at radius 2 is 2.00 bits per heavy atom. The fourth-order valence-corrected chi connectivity index (χ4v) is 3.32. The Bertz CT molecular complexity index is 796. The van der Waals surface area contributed by atoms with Gasteiger partial charge in [-0.3, -0.25) is 4.79 Å². The quantitative estimate of drug-likeness (QED) is 0.870. The topological polar surface area (TPSA) is 89.3 Å². The van der Waals surface area contributed by atoms with E-state index in [1.165, 1.54) is 6.92 Å². The molecule has 1 aromatic carbocycles. The van der Waals surface area contributed by atoms with E-state index in [0.717, 1.165) is 11.1 Å². The zero-order valence-electron chi connectivity index (χ0n) is 13.4. The van der Waals surface area contributed by atoms with E-state index in [4.69, 9.17) is 4.52 Å². The summed E-state index contributed by atoms with van der Waals surface area (Å²) < 4.78 is 29.4. The first-order valence-electron chi connectivity index (χ1n) is 7.25. The van der Waals surface area contributed by atoms with Crippen LogP contribution in [0.1, 0.15) is 29.5 Å². The van der Waals surface area contributed by atoms with Gasteiger partial charge in [0.05, 0.1) is 11.4 Å². The molecule has 23 heavy (non-hydrogen) atoms. The van der Waals surface area contributed by atoms with Gasteiger partial charge in [0, 0.05) is 12.6 Å². The number of nitrogens with zero attached hydrogens (tertiary/aromatic N) is 1. The van der Waals surface area contributed by atoms with Gasteiger partial charge >= 0.3 is 0 Å². The molecule has 1 aromatic heterocycles. The zero-order valence-corrected chi connectivity index (χ0v) is 14.2. The number of carbonyl (C=O) groups excluding carboxylic acids is 1. The summed E-state index contributed by atoms with van der Waals surface area (Å²) in [6, 6.07) is 9.17. The first-order chi connectivity index (χ1) is 10.8. The van der Waals surface area contributed by atoms with Crippen molar-refractivity contribution in [1.82, 2.24) is 10.5 Å². The average molecular weight is 336 g/mol. The highest BCUT2D eigenvalue weighted by molar-refractivity contribution is 7.92. The molecule has 7 heteroatoms. The van der Waals surface area contributed by atoms with Gasteiger partial charge < -0.3 is 9.84 Å². The molecular formula is C16H20N2O4S. The summed E-state index contributed by atoms with van der Waals surface area (Å²) in [6.45, 7) is 5.31. The summed E-state index contributed by atoms with van der Waals surface area (Å²) in [7, 11) is -3.65. The van der Waals surface area contributed by atoms with Gasteiger partial charge in [-0.1, -0.05) is 29.4 Å². The van der Waals surface area contributed by atoms with Crippen molar-refractivity contribution in [2.75, 3.05) is 0 Å². The number of rotatable bonds is 6. The summed E-state index contributed by atoms with van der Waals surface area (Å²) in [6.07, 6.45) is 0. The number of aromatic nitrogens is 1. The van der Waals surface area contributed by atoms with E-state index in [-0.39, 0.29) is 5.75 Å². The monoisotopic (exact) mass is 336 g/mol. The highest BCUT2D eigenvalue weighted by Crippen LogP contribution is 2.12. The lowest BCUT2D eigenvalue weighted by Crippen LogP contribution is -2.38. The first kappa shape index (κ1) is 17.2. The van der Waals surface area contributed by atoms with Gasteiger partial charge in [0.2, 0.25) is 5.91 Å². The Kier molecular flexibility index (Phi) is 5.20. The summed E-state index contributed by atoms with van der Waals surface area (Å²) in [4.78, 5) is 12.1. The van der Waals surface area contributed by atoms with Crippen LogP contribution in [0, 0.1) is 13.8 Å². The fraction of sp³-hybridized carbons (Fsp3) is 0.375. The number of hydrogen-bond acceptors (Lipinski definition) is 5. The number of carbonyl (C=O) groups is 1. The minimum Gasteiger partial charge on any atom is -0.361 e. The molecule has 0 radical (unpaired) electrons. The Morgan fingerprint density at radius 3 is 2.61 bits per heavy atom. The summed E-state index contributed by atoms with van der Waals surface area (Å²) in [5.74, 6) is -0.302. The molecule has 0 bridgehead atoms. The molecule has 0 fully saturated rings. The largest absolute Gasteiger partial charge is 0.361 e. The lowest BCUT2D eigenvalue weighted by Gasteiger charge is -2.13. The van der Waals surface area contributed by atoms with E-state index in [1.54, 1.807) is 13.0 Å². The molecule has 0 aliphatic heterocycles. The SMILES string of the molecule is Cc1cc(CS(=O)(=O)C(C)C(=O)NCc2ccccc2C)no1. The van der Waals surface area contributed by atoms with Gasteiger partial charge in [0.15, 0.2) is 9.84 Å². The standard InChI is InChI=1S/C16H20N2O4S/c1-11-6-4-5-7-14(11)9-17-16(19)13(3)23(20,21)10-15-8-12(2)22-18-15/h4-8,13H,9-10H2,1-3H3,(H,17,19). The molecule has 1 atom stereocenters. The fourth-order valence-electron chi connectivity index (χ4n) is 2.11. The van der Waals surface area contributed by atoms with Crippen LogP contribution in [0.25, 0.3) is 0 Å². The lowest BCUT2D eigenvalue weighted by atomic mass is 10.1. The molecule has 0 aliphatic rings. The molecule has 1 unspecified atom stereocenters. The second kappa shape index (κ2) is 6.95. The van der Waals surface area contributed by atoms with E-state index in [1.807, 2.05) is 31.2 Å². The highest BCUT2D eigenvalue weighted by Gasteiger charge is 2.29.